The van der Waals surface area contributed by atoms with E-state index in [1.807, 2.05) is 30.3 Å². The summed E-state index contributed by atoms with van der Waals surface area (Å²) in [5, 5.41) is 6.83. The summed E-state index contributed by atoms with van der Waals surface area (Å²) in [6.07, 6.45) is 3.18. The van der Waals surface area contributed by atoms with Gasteiger partial charge in [0.2, 0.25) is 0 Å². The number of hydrogen-bond donors (Lipinski definition) is 1. The molecule has 0 saturated carbocycles. The second-order valence-corrected chi connectivity index (χ2v) is 6.11. The van der Waals surface area contributed by atoms with Gasteiger partial charge in [-0.1, -0.05) is 12.1 Å². The molecule has 1 saturated heterocycles. The zero-order valence-electron chi connectivity index (χ0n) is 14.1. The Labute approximate surface area is 150 Å². The molecule has 1 N–H and O–H groups in total. The molecular weight excluding hydrogens is 332 g/mol. The number of aromatic nitrogens is 2. The van der Waals surface area contributed by atoms with Gasteiger partial charge in [0.15, 0.2) is 5.76 Å². The van der Waals surface area contributed by atoms with Crippen LogP contribution < -0.4 is 0 Å². The quantitative estimate of drug-likeness (QED) is 0.785. The van der Waals surface area contributed by atoms with Crippen molar-refractivity contribution in [1.29, 1.82) is 0 Å². The maximum Gasteiger partial charge on any atom is 0.289 e. The topological polar surface area (TPSA) is 82.4 Å². The first-order chi connectivity index (χ1) is 12.7. The fraction of sp³-hybridized carbons (Fsp3) is 0.211. The Morgan fingerprint density at radius 2 is 1.62 bits per heavy atom. The van der Waals surface area contributed by atoms with Gasteiger partial charge >= 0.3 is 0 Å². The van der Waals surface area contributed by atoms with Crippen LogP contribution in [0, 0.1) is 0 Å². The summed E-state index contributed by atoms with van der Waals surface area (Å²) in [7, 11) is 0. The van der Waals surface area contributed by atoms with Crippen LogP contribution in [0.25, 0.3) is 11.3 Å². The van der Waals surface area contributed by atoms with E-state index in [1.165, 1.54) is 6.26 Å². The molecule has 0 atom stereocenters. The number of piperazine rings is 1. The van der Waals surface area contributed by atoms with Crippen LogP contribution in [0.3, 0.4) is 0 Å². The normalized spacial score (nSPS) is 14.5. The molecule has 1 aliphatic rings. The van der Waals surface area contributed by atoms with Gasteiger partial charge < -0.3 is 14.2 Å². The highest BCUT2D eigenvalue weighted by molar-refractivity contribution is 5.95. The third kappa shape index (κ3) is 3.11. The Balaban J connectivity index is 1.38. The van der Waals surface area contributed by atoms with E-state index in [9.17, 15) is 9.59 Å². The van der Waals surface area contributed by atoms with Crippen LogP contribution in [0.1, 0.15) is 20.9 Å². The van der Waals surface area contributed by atoms with Crippen LogP contribution in [0.15, 0.2) is 59.3 Å². The lowest BCUT2D eigenvalue weighted by Gasteiger charge is -2.34. The fourth-order valence-corrected chi connectivity index (χ4v) is 3.06. The van der Waals surface area contributed by atoms with Crippen LogP contribution >= 0.6 is 0 Å². The van der Waals surface area contributed by atoms with Gasteiger partial charge in [-0.05, 0) is 35.9 Å². The number of rotatable bonds is 3. The lowest BCUT2D eigenvalue weighted by Crippen LogP contribution is -2.50. The number of furan rings is 1. The van der Waals surface area contributed by atoms with Crippen LogP contribution in [0.5, 0.6) is 0 Å². The predicted octanol–water partition coefficient (Wildman–Crippen LogP) is 2.27. The molecule has 26 heavy (non-hydrogen) atoms. The first-order valence-electron chi connectivity index (χ1n) is 8.44. The minimum Gasteiger partial charge on any atom is -0.459 e. The predicted molar refractivity (Wildman–Crippen MR) is 94.5 cm³/mol. The van der Waals surface area contributed by atoms with Crippen LogP contribution in [0.2, 0.25) is 0 Å². The van der Waals surface area contributed by atoms with E-state index in [4.69, 9.17) is 4.42 Å². The van der Waals surface area contributed by atoms with Crippen molar-refractivity contribution in [2.75, 3.05) is 26.2 Å². The van der Waals surface area contributed by atoms with E-state index < -0.39 is 0 Å². The Bertz CT molecular complexity index is 878. The third-order valence-corrected chi connectivity index (χ3v) is 4.53. The number of benzene rings is 1. The minimum absolute atomic E-state index is 0.0220. The maximum absolute atomic E-state index is 12.7. The first kappa shape index (κ1) is 16.1. The van der Waals surface area contributed by atoms with Crippen molar-refractivity contribution in [2.45, 2.75) is 0 Å². The minimum atomic E-state index is -0.133. The highest BCUT2D eigenvalue weighted by Gasteiger charge is 2.26. The SMILES string of the molecule is O=C(c1ccc(-c2ccn[nH]2)cc1)N1CCN(C(=O)c2ccco2)CC1. The monoisotopic (exact) mass is 350 g/mol. The maximum atomic E-state index is 12.7. The van der Waals surface area contributed by atoms with Crippen molar-refractivity contribution < 1.29 is 14.0 Å². The van der Waals surface area contributed by atoms with Gasteiger partial charge in [-0.3, -0.25) is 14.7 Å². The lowest BCUT2D eigenvalue weighted by molar-refractivity contribution is 0.0518. The zero-order chi connectivity index (χ0) is 17.9. The molecule has 1 aliphatic heterocycles. The molecule has 7 nitrogen and oxygen atoms in total. The van der Waals surface area contributed by atoms with E-state index >= 15 is 0 Å². The number of carbonyl (C=O) groups is 2. The molecule has 4 rings (SSSR count). The molecule has 2 amide bonds. The number of hydrogen-bond acceptors (Lipinski definition) is 4. The largest absolute Gasteiger partial charge is 0.459 e. The highest BCUT2D eigenvalue weighted by atomic mass is 16.3. The molecule has 7 heteroatoms. The summed E-state index contributed by atoms with van der Waals surface area (Å²) in [6, 6.07) is 12.7. The van der Waals surface area contributed by atoms with E-state index in [0.29, 0.717) is 37.5 Å². The third-order valence-electron chi connectivity index (χ3n) is 4.53. The van der Waals surface area contributed by atoms with Gasteiger partial charge in [0.05, 0.1) is 12.0 Å². The highest BCUT2D eigenvalue weighted by Crippen LogP contribution is 2.18. The van der Waals surface area contributed by atoms with E-state index in [0.717, 1.165) is 11.3 Å². The lowest BCUT2D eigenvalue weighted by atomic mass is 10.1. The molecule has 1 aromatic carbocycles. The number of H-pyrrole nitrogens is 1. The molecule has 2 aromatic heterocycles. The van der Waals surface area contributed by atoms with Gasteiger partial charge in [-0.15, -0.1) is 0 Å². The van der Waals surface area contributed by atoms with Crippen LogP contribution in [-0.4, -0.2) is 58.0 Å². The van der Waals surface area contributed by atoms with Crippen molar-refractivity contribution in [3.8, 4) is 11.3 Å². The molecule has 0 spiro atoms. The Kier molecular flexibility index (Phi) is 4.27. The van der Waals surface area contributed by atoms with Crippen LogP contribution in [0.4, 0.5) is 0 Å². The summed E-state index contributed by atoms with van der Waals surface area (Å²) in [6.45, 7) is 2.01. The average molecular weight is 350 g/mol. The summed E-state index contributed by atoms with van der Waals surface area (Å²) >= 11 is 0. The summed E-state index contributed by atoms with van der Waals surface area (Å²) < 4.78 is 5.16. The van der Waals surface area contributed by atoms with Crippen molar-refractivity contribution in [1.82, 2.24) is 20.0 Å². The van der Waals surface area contributed by atoms with Gasteiger partial charge in [-0.25, -0.2) is 0 Å². The van der Waals surface area contributed by atoms with E-state index in [-0.39, 0.29) is 11.8 Å². The van der Waals surface area contributed by atoms with E-state index in [2.05, 4.69) is 10.2 Å². The zero-order valence-corrected chi connectivity index (χ0v) is 14.1. The van der Waals surface area contributed by atoms with Gasteiger partial charge in [-0.2, -0.15) is 5.10 Å². The number of nitrogens with zero attached hydrogens (tertiary/aromatic N) is 3. The number of aromatic amines is 1. The standard InChI is InChI=1S/C19H18N4O3/c24-18(15-5-3-14(4-6-15)16-7-8-20-21-16)22-9-11-23(12-10-22)19(25)17-2-1-13-26-17/h1-8,13H,9-12H2,(H,20,21). The molecule has 0 bridgehead atoms. The van der Waals surface area contributed by atoms with Gasteiger partial charge in [0.25, 0.3) is 11.8 Å². The Morgan fingerprint density at radius 3 is 2.19 bits per heavy atom. The molecule has 0 aliphatic carbocycles. The second-order valence-electron chi connectivity index (χ2n) is 6.11. The van der Waals surface area contributed by atoms with Gasteiger partial charge in [0.1, 0.15) is 0 Å². The van der Waals surface area contributed by atoms with Crippen molar-refractivity contribution in [3.05, 3.63) is 66.2 Å². The fourth-order valence-electron chi connectivity index (χ4n) is 3.06. The number of amides is 2. The first-order valence-corrected chi connectivity index (χ1v) is 8.44. The number of nitrogens with one attached hydrogen (secondary N) is 1. The number of carbonyl (C=O) groups excluding carboxylic acids is 2. The van der Waals surface area contributed by atoms with Crippen molar-refractivity contribution in [2.24, 2.45) is 0 Å². The Hall–Kier alpha value is -3.35. The molecule has 0 unspecified atom stereocenters. The Morgan fingerprint density at radius 1 is 0.923 bits per heavy atom. The average Bonchev–Trinajstić information content (AvgIpc) is 3.41. The summed E-state index contributed by atoms with van der Waals surface area (Å²) in [5.74, 6) is 0.177. The summed E-state index contributed by atoms with van der Waals surface area (Å²) in [5.41, 5.74) is 2.53. The molecule has 0 radical (unpaired) electrons. The van der Waals surface area contributed by atoms with Crippen molar-refractivity contribution in [3.63, 3.8) is 0 Å². The second kappa shape index (κ2) is 6.87. The molecule has 3 heterocycles. The van der Waals surface area contributed by atoms with Crippen LogP contribution in [-0.2, 0) is 0 Å². The molecule has 1 fully saturated rings. The van der Waals surface area contributed by atoms with E-state index in [1.54, 1.807) is 28.1 Å². The molecular formula is C19H18N4O3. The van der Waals surface area contributed by atoms with Crippen molar-refractivity contribution >= 4 is 11.8 Å². The molecule has 132 valence electrons. The van der Waals surface area contributed by atoms with Gasteiger partial charge in [0, 0.05) is 37.9 Å². The smallest absolute Gasteiger partial charge is 0.289 e. The molecule has 3 aromatic rings. The summed E-state index contributed by atoms with van der Waals surface area (Å²) in [4.78, 5) is 28.5.